The van der Waals surface area contributed by atoms with Gasteiger partial charge in [0, 0.05) is 17.8 Å². The van der Waals surface area contributed by atoms with Crippen LogP contribution in [-0.2, 0) is 19.3 Å². The lowest BCUT2D eigenvalue weighted by Gasteiger charge is -2.09. The molecule has 0 unspecified atom stereocenters. The lowest BCUT2D eigenvalue weighted by Crippen LogP contribution is -2.04. The molecule has 0 saturated heterocycles. The first-order valence-corrected chi connectivity index (χ1v) is 17.7. The topological polar surface area (TPSA) is 25.8 Å². The third-order valence-corrected chi connectivity index (χ3v) is 8.21. The standard InChI is InChI=1S/C36H68N2/c1-4-7-10-12-14-16-18-20-22-24-26-28-30-34-33-35(38-36(37-34)32-9-6-3)31-29-27-25-23-21-19-17-15-13-11-8-5-2/h33H,4-32H2,1-3H3. The van der Waals surface area contributed by atoms with Crippen LogP contribution >= 0.6 is 0 Å². The summed E-state index contributed by atoms with van der Waals surface area (Å²) < 4.78 is 0. The van der Waals surface area contributed by atoms with Gasteiger partial charge >= 0.3 is 0 Å². The molecule has 222 valence electrons. The second kappa shape index (κ2) is 27.6. The first kappa shape index (κ1) is 35.1. The van der Waals surface area contributed by atoms with E-state index in [4.69, 9.17) is 9.97 Å². The highest BCUT2D eigenvalue weighted by atomic mass is 14.9. The van der Waals surface area contributed by atoms with Crippen molar-refractivity contribution >= 4 is 0 Å². The highest BCUT2D eigenvalue weighted by Gasteiger charge is 2.06. The van der Waals surface area contributed by atoms with Gasteiger partial charge in [-0.1, -0.05) is 168 Å². The van der Waals surface area contributed by atoms with Gasteiger partial charge in [0.25, 0.3) is 0 Å². The summed E-state index contributed by atoms with van der Waals surface area (Å²) in [5, 5.41) is 0. The minimum atomic E-state index is 1.05. The Morgan fingerprint density at radius 3 is 0.947 bits per heavy atom. The van der Waals surface area contributed by atoms with Crippen LogP contribution in [0.1, 0.15) is 205 Å². The van der Waals surface area contributed by atoms with Crippen molar-refractivity contribution < 1.29 is 0 Å². The summed E-state index contributed by atoms with van der Waals surface area (Å²) in [5.41, 5.74) is 2.62. The summed E-state index contributed by atoms with van der Waals surface area (Å²) >= 11 is 0. The van der Waals surface area contributed by atoms with Crippen LogP contribution in [0, 0.1) is 0 Å². The molecule has 0 fully saturated rings. The van der Waals surface area contributed by atoms with Gasteiger partial charge in [0.1, 0.15) is 5.82 Å². The van der Waals surface area contributed by atoms with Gasteiger partial charge < -0.3 is 0 Å². The highest BCUT2D eigenvalue weighted by Crippen LogP contribution is 2.16. The Bertz CT molecular complexity index is 565. The second-order valence-electron chi connectivity index (χ2n) is 12.1. The van der Waals surface area contributed by atoms with E-state index in [1.807, 2.05) is 0 Å². The monoisotopic (exact) mass is 529 g/mol. The summed E-state index contributed by atoms with van der Waals surface area (Å²) in [6.45, 7) is 6.87. The summed E-state index contributed by atoms with van der Waals surface area (Å²) in [5.74, 6) is 1.11. The van der Waals surface area contributed by atoms with Crippen LogP contribution < -0.4 is 0 Å². The summed E-state index contributed by atoms with van der Waals surface area (Å²) in [7, 11) is 0. The zero-order valence-corrected chi connectivity index (χ0v) is 26.5. The second-order valence-corrected chi connectivity index (χ2v) is 12.1. The molecule has 1 aromatic rings. The fourth-order valence-corrected chi connectivity index (χ4v) is 5.61. The first-order chi connectivity index (χ1) is 18.8. The molecular formula is C36H68N2. The average Bonchev–Trinajstić information content (AvgIpc) is 2.93. The minimum Gasteiger partial charge on any atom is -0.238 e. The Hall–Kier alpha value is -0.920. The molecule has 0 bridgehead atoms. The van der Waals surface area contributed by atoms with Crippen LogP contribution in [0.3, 0.4) is 0 Å². The Kier molecular flexibility index (Phi) is 25.5. The molecule has 0 N–H and O–H groups in total. The molecule has 2 nitrogen and oxygen atoms in total. The van der Waals surface area contributed by atoms with Crippen molar-refractivity contribution in [3.05, 3.63) is 23.3 Å². The number of aryl methyl sites for hydroxylation is 3. The smallest absolute Gasteiger partial charge is 0.128 e. The van der Waals surface area contributed by atoms with Crippen LogP contribution in [0.25, 0.3) is 0 Å². The van der Waals surface area contributed by atoms with Crippen LogP contribution in [0.2, 0.25) is 0 Å². The fourth-order valence-electron chi connectivity index (χ4n) is 5.61. The quantitative estimate of drug-likeness (QED) is 0.0966. The van der Waals surface area contributed by atoms with Gasteiger partial charge in [-0.3, -0.25) is 0 Å². The maximum Gasteiger partial charge on any atom is 0.128 e. The van der Waals surface area contributed by atoms with Crippen LogP contribution in [0.4, 0.5) is 0 Å². The van der Waals surface area contributed by atoms with E-state index in [1.165, 1.54) is 178 Å². The number of hydrogen-bond donors (Lipinski definition) is 0. The zero-order chi connectivity index (χ0) is 27.4. The van der Waals surface area contributed by atoms with E-state index in [-0.39, 0.29) is 0 Å². The normalized spacial score (nSPS) is 11.4. The number of nitrogens with zero attached hydrogens (tertiary/aromatic N) is 2. The van der Waals surface area contributed by atoms with Crippen molar-refractivity contribution in [3.63, 3.8) is 0 Å². The van der Waals surface area contributed by atoms with Crippen molar-refractivity contribution in [1.82, 2.24) is 9.97 Å². The number of aromatic nitrogens is 2. The van der Waals surface area contributed by atoms with Gasteiger partial charge in [-0.05, 0) is 38.2 Å². The zero-order valence-electron chi connectivity index (χ0n) is 26.5. The molecule has 0 atom stereocenters. The van der Waals surface area contributed by atoms with Crippen molar-refractivity contribution in [2.75, 3.05) is 0 Å². The molecule has 0 aliphatic carbocycles. The van der Waals surface area contributed by atoms with E-state index in [9.17, 15) is 0 Å². The molecule has 38 heavy (non-hydrogen) atoms. The Morgan fingerprint density at radius 2 is 0.632 bits per heavy atom. The fraction of sp³-hybridized carbons (Fsp3) is 0.889. The Balaban J connectivity index is 2.17. The third-order valence-electron chi connectivity index (χ3n) is 8.21. The maximum absolute atomic E-state index is 4.96. The molecule has 0 aromatic carbocycles. The van der Waals surface area contributed by atoms with Crippen LogP contribution in [0.15, 0.2) is 6.07 Å². The summed E-state index contributed by atoms with van der Waals surface area (Å²) in [6.07, 6.45) is 39.6. The molecule has 0 aliphatic rings. The molecule has 0 radical (unpaired) electrons. The molecule has 1 heterocycles. The maximum atomic E-state index is 4.96. The minimum absolute atomic E-state index is 1.05. The lowest BCUT2D eigenvalue weighted by atomic mass is 10.0. The van der Waals surface area contributed by atoms with E-state index in [1.54, 1.807) is 0 Å². The van der Waals surface area contributed by atoms with Gasteiger partial charge in [-0.2, -0.15) is 0 Å². The van der Waals surface area contributed by atoms with Crippen molar-refractivity contribution in [3.8, 4) is 0 Å². The van der Waals surface area contributed by atoms with E-state index < -0.39 is 0 Å². The SMILES string of the molecule is CCCCCCCCCCCCCCc1cc(CCCCCCCCCCCCCC)nc(CCCC)n1. The van der Waals surface area contributed by atoms with Gasteiger partial charge in [0.2, 0.25) is 0 Å². The van der Waals surface area contributed by atoms with Crippen molar-refractivity contribution in [2.45, 2.75) is 207 Å². The summed E-state index contributed by atoms with van der Waals surface area (Å²) in [4.78, 5) is 9.92. The largest absolute Gasteiger partial charge is 0.238 e. The Labute approximate surface area is 240 Å². The molecule has 0 spiro atoms. The van der Waals surface area contributed by atoms with Crippen LogP contribution in [-0.4, -0.2) is 9.97 Å². The first-order valence-electron chi connectivity index (χ1n) is 17.7. The lowest BCUT2D eigenvalue weighted by molar-refractivity contribution is 0.541. The predicted octanol–water partition coefficient (Wildman–Crippen LogP) is 12.3. The summed E-state index contributed by atoms with van der Waals surface area (Å²) in [6, 6.07) is 2.34. The van der Waals surface area contributed by atoms with E-state index in [0.29, 0.717) is 0 Å². The number of unbranched alkanes of at least 4 members (excludes halogenated alkanes) is 23. The van der Waals surface area contributed by atoms with Gasteiger partial charge in [-0.15, -0.1) is 0 Å². The molecule has 0 aliphatic heterocycles. The van der Waals surface area contributed by atoms with Gasteiger partial charge in [0.05, 0.1) is 0 Å². The van der Waals surface area contributed by atoms with E-state index in [0.717, 1.165) is 25.1 Å². The number of hydrogen-bond acceptors (Lipinski definition) is 2. The molecular weight excluding hydrogens is 460 g/mol. The van der Waals surface area contributed by atoms with E-state index in [2.05, 4.69) is 26.8 Å². The van der Waals surface area contributed by atoms with Crippen molar-refractivity contribution in [1.29, 1.82) is 0 Å². The number of rotatable bonds is 29. The molecule has 1 rings (SSSR count). The predicted molar refractivity (Wildman–Crippen MR) is 170 cm³/mol. The third kappa shape index (κ3) is 22.0. The van der Waals surface area contributed by atoms with Crippen LogP contribution in [0.5, 0.6) is 0 Å². The molecule has 2 heteroatoms. The Morgan fingerprint density at radius 1 is 0.342 bits per heavy atom. The van der Waals surface area contributed by atoms with Crippen molar-refractivity contribution in [2.24, 2.45) is 0 Å². The van der Waals surface area contributed by atoms with Gasteiger partial charge in [0.15, 0.2) is 0 Å². The van der Waals surface area contributed by atoms with Gasteiger partial charge in [-0.25, -0.2) is 9.97 Å². The molecule has 0 amide bonds. The van der Waals surface area contributed by atoms with E-state index >= 15 is 0 Å². The molecule has 0 saturated carbocycles. The average molecular weight is 529 g/mol. The highest BCUT2D eigenvalue weighted by molar-refractivity contribution is 5.12. The molecule has 1 aromatic heterocycles.